The van der Waals surface area contributed by atoms with E-state index in [1.165, 1.54) is 18.4 Å². The first kappa shape index (κ1) is 23.0. The average molecular weight is 499 g/mol. The number of sulfone groups is 1. The van der Waals surface area contributed by atoms with Gasteiger partial charge in [0.1, 0.15) is 29.8 Å². The Bertz CT molecular complexity index is 1210. The van der Waals surface area contributed by atoms with Gasteiger partial charge in [-0.15, -0.1) is 0 Å². The number of likely N-dealkylation sites (tertiary alicyclic amines) is 1. The van der Waals surface area contributed by atoms with Crippen molar-refractivity contribution in [1.29, 1.82) is 0 Å². The van der Waals surface area contributed by atoms with Crippen molar-refractivity contribution in [2.75, 3.05) is 61.0 Å². The van der Waals surface area contributed by atoms with Gasteiger partial charge in [0.25, 0.3) is 0 Å². The standard InChI is InChI=1S/C25H34N6O3S/c1-16-11-19(18-3-5-30(6-4-18)20-13-26-14-20)12-21-23(16)34-17(2)22-24(29-21)27-15-28-25(22)31-7-9-35(32,33)10-8-31/h11-12,15,17-18,20,26H,3-10,13-14H2,1-2H3,(H,27,28,29)/t17-/m0/s1. The summed E-state index contributed by atoms with van der Waals surface area (Å²) >= 11 is 0. The molecule has 0 radical (unpaired) electrons. The maximum atomic E-state index is 12.0. The van der Waals surface area contributed by atoms with Crippen molar-refractivity contribution in [1.82, 2.24) is 20.2 Å². The molecule has 3 saturated heterocycles. The van der Waals surface area contributed by atoms with Crippen molar-refractivity contribution in [3.8, 4) is 5.75 Å². The Morgan fingerprint density at radius 1 is 1.06 bits per heavy atom. The molecule has 0 amide bonds. The molecule has 2 N–H and O–H groups in total. The smallest absolute Gasteiger partial charge is 0.153 e. The first-order chi connectivity index (χ1) is 16.9. The number of anilines is 3. The van der Waals surface area contributed by atoms with Gasteiger partial charge in [-0.05, 0) is 62.9 Å². The normalized spacial score (nSPS) is 25.0. The largest absolute Gasteiger partial charge is 0.483 e. The lowest BCUT2D eigenvalue weighted by Gasteiger charge is -2.42. The Morgan fingerprint density at radius 3 is 2.49 bits per heavy atom. The molecule has 0 saturated carbocycles. The zero-order valence-electron chi connectivity index (χ0n) is 20.5. The fourth-order valence-electron chi connectivity index (χ4n) is 5.82. The van der Waals surface area contributed by atoms with Crippen LogP contribution in [0.3, 0.4) is 0 Å². The molecule has 9 nitrogen and oxygen atoms in total. The Kier molecular flexibility index (Phi) is 5.85. The molecule has 5 heterocycles. The van der Waals surface area contributed by atoms with E-state index < -0.39 is 9.84 Å². The van der Waals surface area contributed by atoms with Gasteiger partial charge in [0.2, 0.25) is 0 Å². The summed E-state index contributed by atoms with van der Waals surface area (Å²) in [6.45, 7) is 9.55. The van der Waals surface area contributed by atoms with E-state index in [0.717, 1.165) is 60.4 Å². The average Bonchev–Trinajstić information content (AvgIpc) is 2.95. The highest BCUT2D eigenvalue weighted by Crippen LogP contribution is 2.45. The summed E-state index contributed by atoms with van der Waals surface area (Å²) < 4.78 is 30.4. The number of ether oxygens (including phenoxy) is 1. The van der Waals surface area contributed by atoms with Gasteiger partial charge in [0.15, 0.2) is 9.84 Å². The number of rotatable bonds is 3. The molecular weight excluding hydrogens is 464 g/mol. The minimum atomic E-state index is -2.98. The van der Waals surface area contributed by atoms with Gasteiger partial charge >= 0.3 is 0 Å². The van der Waals surface area contributed by atoms with Crippen molar-refractivity contribution >= 4 is 27.2 Å². The number of aryl methyl sites for hydroxylation is 1. The number of benzene rings is 1. The van der Waals surface area contributed by atoms with E-state index in [-0.39, 0.29) is 17.6 Å². The van der Waals surface area contributed by atoms with Gasteiger partial charge in [0.05, 0.1) is 22.8 Å². The van der Waals surface area contributed by atoms with Crippen LogP contribution < -0.4 is 20.3 Å². The molecule has 1 aromatic carbocycles. The minimum Gasteiger partial charge on any atom is -0.483 e. The van der Waals surface area contributed by atoms with Gasteiger partial charge in [0, 0.05) is 32.2 Å². The van der Waals surface area contributed by atoms with Crippen molar-refractivity contribution < 1.29 is 13.2 Å². The number of hydrogen-bond acceptors (Lipinski definition) is 9. The minimum absolute atomic E-state index is 0.146. The summed E-state index contributed by atoms with van der Waals surface area (Å²) in [5.74, 6) is 3.18. The molecule has 2 aromatic rings. The lowest BCUT2D eigenvalue weighted by Crippen LogP contribution is -2.58. The number of piperidine rings is 1. The van der Waals surface area contributed by atoms with Gasteiger partial charge in [-0.1, -0.05) is 6.07 Å². The first-order valence-corrected chi connectivity index (χ1v) is 14.5. The van der Waals surface area contributed by atoms with Gasteiger partial charge in [-0.3, -0.25) is 4.90 Å². The molecule has 1 aromatic heterocycles. The van der Waals surface area contributed by atoms with Crippen molar-refractivity contribution in [3.63, 3.8) is 0 Å². The fraction of sp³-hybridized carbons (Fsp3) is 0.600. The predicted molar refractivity (Wildman–Crippen MR) is 137 cm³/mol. The quantitative estimate of drug-likeness (QED) is 0.661. The summed E-state index contributed by atoms with van der Waals surface area (Å²) in [4.78, 5) is 13.8. The number of nitrogens with one attached hydrogen (secondary N) is 2. The SMILES string of the molecule is Cc1cc(C2CCN(C3CNC3)CC2)cc2c1O[C@@H](C)c1c(ncnc1N1CCS(=O)(=O)CC1)N2. The van der Waals surface area contributed by atoms with E-state index in [9.17, 15) is 8.42 Å². The van der Waals surface area contributed by atoms with Gasteiger partial charge in [-0.25, -0.2) is 18.4 Å². The lowest BCUT2D eigenvalue weighted by atomic mass is 9.87. The summed E-state index contributed by atoms with van der Waals surface area (Å²) in [7, 11) is -2.98. The summed E-state index contributed by atoms with van der Waals surface area (Å²) in [6.07, 6.45) is 3.64. The van der Waals surface area contributed by atoms with Crippen LogP contribution in [0.4, 0.5) is 17.3 Å². The number of nitrogens with zero attached hydrogens (tertiary/aromatic N) is 4. The molecule has 4 aliphatic heterocycles. The second-order valence-electron chi connectivity index (χ2n) is 10.3. The Morgan fingerprint density at radius 2 is 1.80 bits per heavy atom. The molecule has 0 unspecified atom stereocenters. The molecule has 10 heteroatoms. The van der Waals surface area contributed by atoms with E-state index >= 15 is 0 Å². The molecule has 35 heavy (non-hydrogen) atoms. The van der Waals surface area contributed by atoms with Gasteiger partial charge in [-0.2, -0.15) is 0 Å². The molecule has 4 aliphatic rings. The second-order valence-corrected chi connectivity index (χ2v) is 12.6. The van der Waals surface area contributed by atoms with Crippen LogP contribution in [0.2, 0.25) is 0 Å². The summed E-state index contributed by atoms with van der Waals surface area (Å²) in [5.41, 5.74) is 4.30. The molecular formula is C25H34N6O3S. The van der Waals surface area contributed by atoms with E-state index in [0.29, 0.717) is 25.0 Å². The highest BCUT2D eigenvalue weighted by atomic mass is 32.2. The monoisotopic (exact) mass is 498 g/mol. The van der Waals surface area contributed by atoms with Crippen molar-refractivity contribution in [3.05, 3.63) is 35.2 Å². The Labute approximate surface area is 207 Å². The van der Waals surface area contributed by atoms with Crippen LogP contribution in [-0.4, -0.2) is 80.1 Å². The zero-order valence-corrected chi connectivity index (χ0v) is 21.3. The van der Waals surface area contributed by atoms with Crippen LogP contribution in [-0.2, 0) is 9.84 Å². The van der Waals surface area contributed by atoms with Crippen molar-refractivity contribution in [2.45, 2.75) is 44.8 Å². The maximum absolute atomic E-state index is 12.0. The predicted octanol–water partition coefficient (Wildman–Crippen LogP) is 2.37. The third kappa shape index (κ3) is 4.36. The van der Waals surface area contributed by atoms with Crippen LogP contribution >= 0.6 is 0 Å². The lowest BCUT2D eigenvalue weighted by molar-refractivity contribution is 0.113. The fourth-order valence-corrected chi connectivity index (χ4v) is 7.02. The second kappa shape index (κ2) is 8.90. The summed E-state index contributed by atoms with van der Waals surface area (Å²) in [5, 5.41) is 6.94. The Balaban J connectivity index is 1.27. The third-order valence-electron chi connectivity index (χ3n) is 8.04. The molecule has 1 atom stereocenters. The van der Waals surface area contributed by atoms with E-state index in [1.54, 1.807) is 6.33 Å². The van der Waals surface area contributed by atoms with E-state index in [1.807, 2.05) is 11.8 Å². The Hall–Kier alpha value is -2.43. The van der Waals surface area contributed by atoms with Crippen LogP contribution in [0.15, 0.2) is 18.5 Å². The van der Waals surface area contributed by atoms with Crippen LogP contribution in [0, 0.1) is 6.92 Å². The first-order valence-electron chi connectivity index (χ1n) is 12.7. The maximum Gasteiger partial charge on any atom is 0.153 e. The van der Waals surface area contributed by atoms with Crippen LogP contribution in [0.25, 0.3) is 0 Å². The van der Waals surface area contributed by atoms with Crippen LogP contribution in [0.1, 0.15) is 48.5 Å². The number of aromatic nitrogens is 2. The van der Waals surface area contributed by atoms with E-state index in [4.69, 9.17) is 4.74 Å². The molecule has 3 fully saturated rings. The summed E-state index contributed by atoms with van der Waals surface area (Å²) in [6, 6.07) is 5.24. The van der Waals surface area contributed by atoms with Crippen LogP contribution in [0.5, 0.6) is 5.75 Å². The number of fused-ring (bicyclic) bond motifs is 2. The molecule has 0 spiro atoms. The third-order valence-corrected chi connectivity index (χ3v) is 9.64. The number of hydrogen-bond donors (Lipinski definition) is 2. The highest BCUT2D eigenvalue weighted by molar-refractivity contribution is 7.91. The molecule has 6 rings (SSSR count). The molecule has 0 aliphatic carbocycles. The molecule has 0 bridgehead atoms. The van der Waals surface area contributed by atoms with Crippen molar-refractivity contribution in [2.24, 2.45) is 0 Å². The highest BCUT2D eigenvalue weighted by Gasteiger charge is 2.33. The topological polar surface area (TPSA) is 99.7 Å². The molecule has 188 valence electrons. The van der Waals surface area contributed by atoms with E-state index in [2.05, 4.69) is 44.6 Å². The van der Waals surface area contributed by atoms with Gasteiger partial charge < -0.3 is 20.3 Å². The zero-order chi connectivity index (χ0) is 24.2.